The van der Waals surface area contributed by atoms with E-state index in [1.165, 1.54) is 50.9 Å². The Kier molecular flexibility index (Phi) is 20.7. The van der Waals surface area contributed by atoms with Crippen LogP contribution in [0.1, 0.15) is 90.7 Å². The molecule has 0 unspecified atom stereocenters. The van der Waals surface area contributed by atoms with Crippen molar-refractivity contribution in [2.45, 2.75) is 141 Å². The van der Waals surface area contributed by atoms with Crippen LogP contribution in [0.25, 0.3) is 0 Å². The summed E-state index contributed by atoms with van der Waals surface area (Å²) in [6.45, 7) is 8.11. The zero-order chi connectivity index (χ0) is 49.4. The molecule has 0 spiro atoms. The van der Waals surface area contributed by atoms with E-state index < -0.39 is 95.9 Å². The minimum absolute atomic E-state index is 0.0367. The number of esters is 1. The highest BCUT2D eigenvalue weighted by Gasteiger charge is 2.45. The number of nitrogens with one attached hydrogen (secondary N) is 5. The number of fused-ring (bicyclic) bond motifs is 2. The van der Waals surface area contributed by atoms with E-state index in [0.29, 0.717) is 23.3 Å². The molecule has 2 aliphatic rings. The largest absolute Gasteiger partial charge is 0.508 e. The number of hydrogen-bond donors (Lipinski definition) is 7. The second-order valence-electron chi connectivity index (χ2n) is 17.3. The number of unbranched alkanes of at least 4 members (excludes halogenated alkanes) is 2. The van der Waals surface area contributed by atoms with Gasteiger partial charge in [-0.3, -0.25) is 33.6 Å². The van der Waals surface area contributed by atoms with Gasteiger partial charge >= 0.3 is 5.97 Å². The van der Waals surface area contributed by atoms with Crippen LogP contribution in [0.15, 0.2) is 66.4 Å². The Labute approximate surface area is 396 Å². The molecule has 2 heterocycles. The highest BCUT2D eigenvalue weighted by molar-refractivity contribution is 7.98. The van der Waals surface area contributed by atoms with Crippen LogP contribution >= 0.6 is 11.8 Å². The van der Waals surface area contributed by atoms with Gasteiger partial charge in [-0.1, -0.05) is 82.2 Å². The lowest BCUT2D eigenvalue weighted by atomic mass is 9.95. The van der Waals surface area contributed by atoms with Gasteiger partial charge in [0.25, 0.3) is 11.8 Å². The molecule has 2 aromatic carbocycles. The maximum atomic E-state index is 15.0. The van der Waals surface area contributed by atoms with Crippen molar-refractivity contribution < 1.29 is 53.3 Å². The van der Waals surface area contributed by atoms with Crippen LogP contribution in [-0.2, 0) is 55.9 Å². The van der Waals surface area contributed by atoms with Gasteiger partial charge < -0.3 is 51.3 Å². The van der Waals surface area contributed by atoms with Crippen molar-refractivity contribution in [1.82, 2.24) is 36.4 Å². The van der Waals surface area contributed by atoms with Crippen LogP contribution in [0.5, 0.6) is 5.75 Å². The van der Waals surface area contributed by atoms with Gasteiger partial charge in [-0.15, -0.1) is 0 Å². The van der Waals surface area contributed by atoms with Crippen LogP contribution in [0.2, 0.25) is 0 Å². The molecule has 2 aromatic rings. The van der Waals surface area contributed by atoms with Gasteiger partial charge in [0.05, 0.1) is 0 Å². The predicted molar refractivity (Wildman–Crippen MR) is 252 cm³/mol. The summed E-state index contributed by atoms with van der Waals surface area (Å²) in [5.74, 6) is -6.47. The topological polar surface area (TPSA) is 253 Å². The normalized spacial score (nSPS) is 24.7. The molecule has 0 aliphatic carbocycles. The number of nitrogens with zero attached hydrogens (tertiary/aromatic N) is 2. The molecule has 18 nitrogen and oxygen atoms in total. The van der Waals surface area contributed by atoms with Gasteiger partial charge in [-0.25, -0.2) is 4.79 Å². The van der Waals surface area contributed by atoms with E-state index in [2.05, 4.69) is 26.6 Å². The Balaban J connectivity index is 1.82. The maximum absolute atomic E-state index is 15.0. The summed E-state index contributed by atoms with van der Waals surface area (Å²) in [6.07, 6.45) is 2.60. The van der Waals surface area contributed by atoms with Gasteiger partial charge in [0.2, 0.25) is 29.5 Å². The summed E-state index contributed by atoms with van der Waals surface area (Å²) in [6, 6.07) is 6.60. The molecule has 7 N–H and O–H groups in total. The maximum Gasteiger partial charge on any atom is 0.329 e. The molecule has 0 radical (unpaired) electrons. The van der Waals surface area contributed by atoms with Gasteiger partial charge in [-0.05, 0) is 80.7 Å². The molecule has 2 saturated heterocycles. The number of allylic oxidation sites excluding steroid dienone is 1. The number of aliphatic hydroxyl groups is 1. The first-order chi connectivity index (χ1) is 31.9. The Bertz CT molecular complexity index is 2090. The smallest absolute Gasteiger partial charge is 0.329 e. The number of ether oxygens (including phenoxy) is 1. The number of amides is 7. The van der Waals surface area contributed by atoms with E-state index in [1.807, 2.05) is 13.2 Å². The first-order valence-corrected chi connectivity index (χ1v) is 24.3. The zero-order valence-electron chi connectivity index (χ0n) is 39.4. The fraction of sp³-hybridized carbons (Fsp3) is 0.542. The Morgan fingerprint density at radius 3 is 2.19 bits per heavy atom. The van der Waals surface area contributed by atoms with Crippen LogP contribution in [-0.4, -0.2) is 135 Å². The number of piperidine rings is 1. The van der Waals surface area contributed by atoms with Gasteiger partial charge in [-0.2, -0.15) is 11.8 Å². The number of carbonyl (C=O) groups is 8. The monoisotopic (exact) mass is 949 g/mol. The lowest BCUT2D eigenvalue weighted by molar-refractivity contribution is -0.165. The van der Waals surface area contributed by atoms with Crippen molar-refractivity contribution in [2.75, 3.05) is 19.1 Å². The van der Waals surface area contributed by atoms with Gasteiger partial charge in [0.15, 0.2) is 0 Å². The Morgan fingerprint density at radius 2 is 1.57 bits per heavy atom. The minimum Gasteiger partial charge on any atom is -0.508 e. The summed E-state index contributed by atoms with van der Waals surface area (Å²) in [7, 11) is 1.38. The Hall–Kier alpha value is -5.95. The van der Waals surface area contributed by atoms with Crippen LogP contribution in [0.3, 0.4) is 0 Å². The van der Waals surface area contributed by atoms with E-state index in [1.54, 1.807) is 56.3 Å². The molecule has 0 aromatic heterocycles. The molecule has 2 aliphatic heterocycles. The Morgan fingerprint density at radius 1 is 0.910 bits per heavy atom. The lowest BCUT2D eigenvalue weighted by Gasteiger charge is -2.43. The summed E-state index contributed by atoms with van der Waals surface area (Å²) < 4.78 is 5.88. The summed E-state index contributed by atoms with van der Waals surface area (Å²) >= 11 is 1.45. The molecule has 19 heteroatoms. The van der Waals surface area contributed by atoms with E-state index in [4.69, 9.17) is 4.74 Å². The number of phenolic OH excluding ortho intramolecular Hbond substituents is 1. The number of carbonyl (C=O) groups excluding carboxylic acids is 8. The first kappa shape index (κ1) is 53.7. The van der Waals surface area contributed by atoms with Crippen molar-refractivity contribution in [3.05, 3.63) is 77.5 Å². The van der Waals surface area contributed by atoms with Gasteiger partial charge in [0, 0.05) is 26.3 Å². The van der Waals surface area contributed by atoms with Crippen molar-refractivity contribution in [1.29, 1.82) is 0 Å². The number of likely N-dealkylation sites (N-methyl/N-ethyl adjacent to an activating group) is 1. The third-order valence-corrected chi connectivity index (χ3v) is 12.5. The van der Waals surface area contributed by atoms with E-state index in [0.717, 1.165) is 22.6 Å². The van der Waals surface area contributed by atoms with E-state index in [-0.39, 0.29) is 55.9 Å². The summed E-state index contributed by atoms with van der Waals surface area (Å²) in [5, 5.41) is 34.8. The van der Waals surface area contributed by atoms with Crippen LogP contribution in [0.4, 0.5) is 0 Å². The number of aromatic hydroxyl groups is 1. The zero-order valence-corrected chi connectivity index (χ0v) is 40.2. The number of benzene rings is 2. The number of hydrogen-bond acceptors (Lipinski definition) is 12. The molecule has 67 heavy (non-hydrogen) atoms. The highest BCUT2D eigenvalue weighted by Crippen LogP contribution is 2.25. The lowest BCUT2D eigenvalue weighted by Crippen LogP contribution is -2.64. The van der Waals surface area contributed by atoms with E-state index >= 15 is 0 Å². The highest BCUT2D eigenvalue weighted by atomic mass is 32.2. The molecule has 366 valence electrons. The molecular formula is C48H67N7O11S. The average Bonchev–Trinajstić information content (AvgIpc) is 3.29. The minimum atomic E-state index is -1.66. The molecule has 7 amide bonds. The summed E-state index contributed by atoms with van der Waals surface area (Å²) in [5.41, 5.74) is 0.832. The fourth-order valence-electron chi connectivity index (χ4n) is 7.93. The predicted octanol–water partition coefficient (Wildman–Crippen LogP) is 2.21. The number of aliphatic hydroxyl groups excluding tert-OH is 1. The molecule has 2 fully saturated rings. The average molecular weight is 950 g/mol. The molecule has 8 atom stereocenters. The molecule has 4 rings (SSSR count). The third kappa shape index (κ3) is 15.0. The second kappa shape index (κ2) is 25.8. The standard InChI is InChI=1S/C48H67N7O11S/c1-8-10-12-17-38(57)49-34(24-25-67-7)43(60)53-41-29(5)66-48(65)40(28(3)4)52-44(61)36(26-31-18-20-32(56)21-19-31)54(6)47(64)37(27-30-15-13-11-14-16-30)55-39(58)23-22-35(46(55)63)51-42(59)33(9-2)50-45(41)62/h9,11,13-16,18-21,28-29,34-37,39-41,56,58H,8,10,12,17,22-27H2,1-7H3,(H,49,57)(H,50,62)(H,51,59)(H,52,61)(H,53,60)/t29-,34+,35+,36+,37+,39-,40+,41+/m1/s1. The number of phenols is 1. The van der Waals surface area contributed by atoms with Gasteiger partial charge in [0.1, 0.15) is 60.0 Å². The number of cyclic esters (lactones) is 1. The molecule has 0 saturated carbocycles. The number of thioether (sulfide) groups is 1. The second-order valence-corrected chi connectivity index (χ2v) is 18.3. The molecular weight excluding hydrogens is 883 g/mol. The summed E-state index contributed by atoms with van der Waals surface area (Å²) in [4.78, 5) is 116. The fourth-order valence-corrected chi connectivity index (χ4v) is 8.40. The van der Waals surface area contributed by atoms with Crippen molar-refractivity contribution in [2.24, 2.45) is 5.92 Å². The van der Waals surface area contributed by atoms with Crippen LogP contribution < -0.4 is 26.6 Å². The number of rotatable bonds is 15. The van der Waals surface area contributed by atoms with Crippen molar-refractivity contribution in [3.63, 3.8) is 0 Å². The molecule has 2 bridgehead atoms. The van der Waals surface area contributed by atoms with Crippen molar-refractivity contribution in [3.8, 4) is 5.75 Å². The van der Waals surface area contributed by atoms with Crippen molar-refractivity contribution >= 4 is 59.1 Å². The van der Waals surface area contributed by atoms with Crippen LogP contribution in [0, 0.1) is 5.92 Å². The third-order valence-electron chi connectivity index (χ3n) is 11.9. The van der Waals surface area contributed by atoms with E-state index in [9.17, 15) is 48.6 Å². The quantitative estimate of drug-likeness (QED) is 0.0772. The SMILES string of the molecule is CC=C1NC(=O)[C@@H](NC(=O)[C@H](CCSC)NC(=O)CCCCC)[C@@H](C)OC(=O)[C@H](C(C)C)NC(=O)[C@H](Cc2ccc(O)cc2)N(C)C(=O)[C@H](Cc2ccccc2)N2C(=O)[C@H](CC[C@H]2O)NC1=O. The first-order valence-electron chi connectivity index (χ1n) is 22.9.